The van der Waals surface area contributed by atoms with Crippen LogP contribution in [0.1, 0.15) is 25.3 Å². The Morgan fingerprint density at radius 2 is 1.80 bits per heavy atom. The third-order valence-corrected chi connectivity index (χ3v) is 5.01. The summed E-state index contributed by atoms with van der Waals surface area (Å²) in [7, 11) is 1.84. The number of unbranched alkanes of at least 4 members (excludes halogenated alkanes) is 1. The van der Waals surface area contributed by atoms with E-state index in [1.165, 1.54) is 5.56 Å². The highest BCUT2D eigenvalue weighted by atomic mass is 127. The average Bonchev–Trinajstić information content (AvgIpc) is 2.79. The molecule has 1 N–H and O–H groups in total. The second-order valence-electron chi connectivity index (χ2n) is 7.09. The van der Waals surface area contributed by atoms with Gasteiger partial charge in [0.15, 0.2) is 5.96 Å². The van der Waals surface area contributed by atoms with Gasteiger partial charge < -0.3 is 19.9 Å². The van der Waals surface area contributed by atoms with Gasteiger partial charge in [-0.2, -0.15) is 0 Å². The molecular formula is C22H33IN6O. The number of aromatic nitrogens is 2. The molecule has 3 rings (SSSR count). The van der Waals surface area contributed by atoms with Crippen molar-refractivity contribution in [3.05, 3.63) is 48.3 Å². The van der Waals surface area contributed by atoms with Gasteiger partial charge in [0, 0.05) is 52.2 Å². The Balaban J connectivity index is 0.00000320. The van der Waals surface area contributed by atoms with Crippen molar-refractivity contribution >= 4 is 35.9 Å². The Morgan fingerprint density at radius 3 is 2.43 bits per heavy atom. The number of aliphatic imine (C=N–C) groups is 1. The van der Waals surface area contributed by atoms with Gasteiger partial charge in [0.25, 0.3) is 0 Å². The third-order valence-electron chi connectivity index (χ3n) is 5.01. The lowest BCUT2D eigenvalue weighted by molar-refractivity contribution is 0.309. The van der Waals surface area contributed by atoms with Crippen molar-refractivity contribution in [3.63, 3.8) is 0 Å². The maximum absolute atomic E-state index is 5.73. The molecule has 0 aliphatic carbocycles. The van der Waals surface area contributed by atoms with E-state index in [9.17, 15) is 0 Å². The summed E-state index contributed by atoms with van der Waals surface area (Å²) in [5.41, 5.74) is 1.29. The molecule has 0 atom stereocenters. The van der Waals surface area contributed by atoms with Gasteiger partial charge in [-0.3, -0.25) is 4.99 Å². The lowest BCUT2D eigenvalue weighted by Gasteiger charge is -2.36. The van der Waals surface area contributed by atoms with Gasteiger partial charge in [0.1, 0.15) is 5.75 Å². The summed E-state index contributed by atoms with van der Waals surface area (Å²) in [4.78, 5) is 17.7. The van der Waals surface area contributed by atoms with Crippen LogP contribution in [0.2, 0.25) is 0 Å². The second kappa shape index (κ2) is 13.3. The van der Waals surface area contributed by atoms with Gasteiger partial charge in [-0.1, -0.05) is 25.5 Å². The molecule has 1 aliphatic heterocycles. The predicted octanol–water partition coefficient (Wildman–Crippen LogP) is 3.21. The maximum atomic E-state index is 5.73. The van der Waals surface area contributed by atoms with Crippen LogP contribution < -0.4 is 15.0 Å². The number of nitrogens with one attached hydrogen (secondary N) is 1. The Kier molecular flexibility index (Phi) is 10.7. The molecule has 0 spiro atoms. The van der Waals surface area contributed by atoms with Gasteiger partial charge in [-0.15, -0.1) is 24.0 Å². The largest absolute Gasteiger partial charge is 0.494 e. The predicted molar refractivity (Wildman–Crippen MR) is 133 cm³/mol. The first-order valence-corrected chi connectivity index (χ1v) is 10.5. The molecule has 1 fully saturated rings. The van der Waals surface area contributed by atoms with Crippen molar-refractivity contribution in [1.82, 2.24) is 20.2 Å². The number of rotatable bonds is 8. The fourth-order valence-electron chi connectivity index (χ4n) is 3.31. The van der Waals surface area contributed by atoms with Gasteiger partial charge >= 0.3 is 0 Å². The maximum Gasteiger partial charge on any atom is 0.225 e. The molecule has 1 aromatic carbocycles. The molecule has 7 nitrogen and oxygen atoms in total. The van der Waals surface area contributed by atoms with E-state index in [1.54, 1.807) is 12.4 Å². The first-order valence-electron chi connectivity index (χ1n) is 10.5. The number of benzene rings is 1. The van der Waals surface area contributed by atoms with Crippen molar-refractivity contribution in [2.75, 3.05) is 51.3 Å². The van der Waals surface area contributed by atoms with Crippen LogP contribution in [0.25, 0.3) is 0 Å². The summed E-state index contributed by atoms with van der Waals surface area (Å²) in [5, 5.41) is 3.49. The van der Waals surface area contributed by atoms with Gasteiger partial charge in [-0.25, -0.2) is 9.97 Å². The molecule has 30 heavy (non-hydrogen) atoms. The second-order valence-corrected chi connectivity index (χ2v) is 7.09. The number of hydrogen-bond acceptors (Lipinski definition) is 5. The molecule has 0 bridgehead atoms. The van der Waals surface area contributed by atoms with E-state index in [4.69, 9.17) is 4.74 Å². The molecule has 2 aromatic rings. The van der Waals surface area contributed by atoms with Gasteiger partial charge in [-0.05, 0) is 36.6 Å². The standard InChI is InChI=1S/C22H32N6O.HI/c1-3-4-18-29-20-8-6-19(7-9-20)10-13-26-21(23-2)27-14-16-28(17-15-27)22-24-11-5-12-25-22;/h5-9,11-12H,3-4,10,13-18H2,1-2H3,(H,23,26);1H. The van der Waals surface area contributed by atoms with Crippen LogP contribution in [0.5, 0.6) is 5.75 Å². The van der Waals surface area contributed by atoms with E-state index in [2.05, 4.69) is 61.3 Å². The quantitative estimate of drug-likeness (QED) is 0.248. The number of anilines is 1. The lowest BCUT2D eigenvalue weighted by atomic mass is 10.1. The molecule has 164 valence electrons. The van der Waals surface area contributed by atoms with E-state index in [-0.39, 0.29) is 24.0 Å². The number of halogens is 1. The highest BCUT2D eigenvalue weighted by Gasteiger charge is 2.20. The fourth-order valence-corrected chi connectivity index (χ4v) is 3.31. The zero-order chi connectivity index (χ0) is 20.3. The Bertz CT molecular complexity index is 748. The summed E-state index contributed by atoms with van der Waals surface area (Å²) < 4.78 is 5.73. The molecule has 0 saturated carbocycles. The molecule has 2 heterocycles. The van der Waals surface area contributed by atoms with Crippen LogP contribution in [-0.4, -0.2) is 67.2 Å². The molecule has 1 aromatic heterocycles. The molecular weight excluding hydrogens is 491 g/mol. The van der Waals surface area contributed by atoms with Crippen molar-refractivity contribution in [1.29, 1.82) is 0 Å². The Morgan fingerprint density at radius 1 is 1.10 bits per heavy atom. The van der Waals surface area contributed by atoms with Crippen molar-refractivity contribution < 1.29 is 4.74 Å². The molecule has 8 heteroatoms. The van der Waals surface area contributed by atoms with E-state index in [1.807, 2.05) is 13.1 Å². The summed E-state index contributed by atoms with van der Waals surface area (Å²) in [6.45, 7) is 7.41. The number of piperazine rings is 1. The molecule has 1 aliphatic rings. The first-order chi connectivity index (χ1) is 14.3. The molecule has 1 saturated heterocycles. The van der Waals surface area contributed by atoms with Crippen molar-refractivity contribution in [2.24, 2.45) is 4.99 Å². The first kappa shape index (κ1) is 24.2. The SMILES string of the molecule is CCCCOc1ccc(CCNC(=NC)N2CCN(c3ncccn3)CC2)cc1.I. The zero-order valence-electron chi connectivity index (χ0n) is 18.0. The van der Waals surface area contributed by atoms with E-state index >= 15 is 0 Å². The topological polar surface area (TPSA) is 65.9 Å². The summed E-state index contributed by atoms with van der Waals surface area (Å²) >= 11 is 0. The third kappa shape index (κ3) is 7.30. The highest BCUT2D eigenvalue weighted by Crippen LogP contribution is 2.13. The van der Waals surface area contributed by atoms with Crippen molar-refractivity contribution in [2.45, 2.75) is 26.2 Å². The minimum atomic E-state index is 0. The summed E-state index contributed by atoms with van der Waals surface area (Å²) in [5.74, 6) is 2.71. The van der Waals surface area contributed by atoms with Crippen LogP contribution >= 0.6 is 24.0 Å². The lowest BCUT2D eigenvalue weighted by Crippen LogP contribution is -2.53. The van der Waals surface area contributed by atoms with E-state index < -0.39 is 0 Å². The monoisotopic (exact) mass is 524 g/mol. The van der Waals surface area contributed by atoms with Crippen LogP contribution in [-0.2, 0) is 6.42 Å². The number of ether oxygens (including phenoxy) is 1. The average molecular weight is 524 g/mol. The molecule has 0 unspecified atom stereocenters. The fraction of sp³-hybridized carbons (Fsp3) is 0.500. The van der Waals surface area contributed by atoms with Crippen LogP contribution in [0.4, 0.5) is 5.95 Å². The minimum absolute atomic E-state index is 0. The van der Waals surface area contributed by atoms with E-state index in [0.29, 0.717) is 0 Å². The Hall–Kier alpha value is -2.10. The molecule has 0 radical (unpaired) electrons. The van der Waals surface area contributed by atoms with Crippen LogP contribution in [0.15, 0.2) is 47.7 Å². The number of nitrogens with zero attached hydrogens (tertiary/aromatic N) is 5. The van der Waals surface area contributed by atoms with Crippen LogP contribution in [0.3, 0.4) is 0 Å². The van der Waals surface area contributed by atoms with Crippen LogP contribution in [0, 0.1) is 0 Å². The van der Waals surface area contributed by atoms with Gasteiger partial charge in [0.2, 0.25) is 5.95 Å². The zero-order valence-corrected chi connectivity index (χ0v) is 20.3. The summed E-state index contributed by atoms with van der Waals surface area (Å²) in [6, 6.07) is 10.3. The minimum Gasteiger partial charge on any atom is -0.494 e. The van der Waals surface area contributed by atoms with E-state index in [0.717, 1.165) is 76.3 Å². The van der Waals surface area contributed by atoms with Crippen molar-refractivity contribution in [3.8, 4) is 5.75 Å². The Labute approximate surface area is 197 Å². The number of hydrogen-bond donors (Lipinski definition) is 1. The van der Waals surface area contributed by atoms with Gasteiger partial charge in [0.05, 0.1) is 6.61 Å². The molecule has 0 amide bonds. The smallest absolute Gasteiger partial charge is 0.225 e. The normalized spacial score (nSPS) is 14.3. The highest BCUT2D eigenvalue weighted by molar-refractivity contribution is 14.0. The number of guanidine groups is 1. The summed E-state index contributed by atoms with van der Waals surface area (Å²) in [6.07, 6.45) is 6.78.